The highest BCUT2D eigenvalue weighted by molar-refractivity contribution is 6.31. The highest BCUT2D eigenvalue weighted by Crippen LogP contribution is 2.21. The third-order valence-electron chi connectivity index (χ3n) is 2.66. The monoisotopic (exact) mass is 294 g/mol. The van der Waals surface area contributed by atoms with Gasteiger partial charge < -0.3 is 19.8 Å². The lowest BCUT2D eigenvalue weighted by Gasteiger charge is -2.35. The van der Waals surface area contributed by atoms with Crippen LogP contribution in [0.15, 0.2) is 0 Å². The Bertz CT molecular complexity index is 416. The molecule has 1 fully saturated rings. The van der Waals surface area contributed by atoms with Gasteiger partial charge in [-0.25, -0.2) is 0 Å². The van der Waals surface area contributed by atoms with E-state index in [1.165, 1.54) is 0 Å². The van der Waals surface area contributed by atoms with E-state index in [0.717, 1.165) is 0 Å². The molecule has 0 saturated carbocycles. The maximum Gasteiger partial charge on any atom is 0.232 e. The van der Waals surface area contributed by atoms with Gasteiger partial charge in [0, 0.05) is 13.5 Å². The molecule has 18 heavy (non-hydrogen) atoms. The van der Waals surface area contributed by atoms with E-state index in [1.54, 1.807) is 11.9 Å². The third kappa shape index (κ3) is 2.99. The Morgan fingerprint density at radius 2 is 1.78 bits per heavy atom. The van der Waals surface area contributed by atoms with Crippen LogP contribution in [-0.2, 0) is 4.74 Å². The van der Waals surface area contributed by atoms with Crippen molar-refractivity contribution in [2.24, 2.45) is 0 Å². The summed E-state index contributed by atoms with van der Waals surface area (Å²) >= 11 is 11.4. The Morgan fingerprint density at radius 1 is 1.17 bits per heavy atom. The first-order chi connectivity index (χ1) is 8.47. The fraction of sp³-hybridized carbons (Fsp3) is 0.667. The van der Waals surface area contributed by atoms with E-state index in [-0.39, 0.29) is 29.5 Å². The molecular formula is C9H12Cl2N4O3. The van der Waals surface area contributed by atoms with Crippen molar-refractivity contribution in [2.75, 3.05) is 18.6 Å². The summed E-state index contributed by atoms with van der Waals surface area (Å²) in [4.78, 5) is 13.0. The number of aliphatic hydroxyl groups is 2. The van der Waals surface area contributed by atoms with E-state index in [9.17, 15) is 10.2 Å². The number of halogens is 2. The molecule has 1 aliphatic heterocycles. The summed E-state index contributed by atoms with van der Waals surface area (Å²) in [5.41, 5.74) is 0. The minimum absolute atomic E-state index is 0.0201. The molecule has 9 heteroatoms. The number of hydrogen-bond donors (Lipinski definition) is 2. The first-order valence-corrected chi connectivity index (χ1v) is 6.00. The topological polar surface area (TPSA) is 91.6 Å². The van der Waals surface area contributed by atoms with Gasteiger partial charge in [-0.05, 0) is 23.2 Å². The van der Waals surface area contributed by atoms with E-state index in [0.29, 0.717) is 0 Å². The van der Waals surface area contributed by atoms with Crippen molar-refractivity contribution in [3.05, 3.63) is 10.6 Å². The van der Waals surface area contributed by atoms with Gasteiger partial charge in [-0.2, -0.15) is 15.0 Å². The maximum absolute atomic E-state index is 9.59. The Morgan fingerprint density at radius 3 is 2.33 bits per heavy atom. The van der Waals surface area contributed by atoms with Crippen LogP contribution in [0, 0.1) is 0 Å². The standard InChI is InChI=1S/C9H12Cl2N4O3/c1-15(6-2-4(16)5(17)3-18-6)9-13-7(10)12-8(11)14-9/h4-6,16-17H,2-3H2,1H3/t4-,5+,6+/m0/s1. The lowest BCUT2D eigenvalue weighted by atomic mass is 10.1. The molecule has 7 nitrogen and oxygen atoms in total. The van der Waals surface area contributed by atoms with Crippen LogP contribution in [0.25, 0.3) is 0 Å². The summed E-state index contributed by atoms with van der Waals surface area (Å²) in [5.74, 6) is 0.244. The molecule has 1 aromatic heterocycles. The van der Waals surface area contributed by atoms with E-state index in [4.69, 9.17) is 27.9 Å². The van der Waals surface area contributed by atoms with Crippen LogP contribution in [0.5, 0.6) is 0 Å². The normalized spacial score (nSPS) is 28.2. The molecule has 0 amide bonds. The number of nitrogens with zero attached hydrogens (tertiary/aromatic N) is 4. The zero-order chi connectivity index (χ0) is 13.3. The van der Waals surface area contributed by atoms with Crippen LogP contribution < -0.4 is 4.90 Å². The number of ether oxygens (including phenoxy) is 1. The molecule has 1 aromatic rings. The molecule has 0 radical (unpaired) electrons. The summed E-state index contributed by atoms with van der Waals surface area (Å²) in [7, 11) is 1.68. The van der Waals surface area contributed by atoms with Crippen LogP contribution >= 0.6 is 23.2 Å². The lowest BCUT2D eigenvalue weighted by molar-refractivity contribution is -0.120. The van der Waals surface area contributed by atoms with Crippen molar-refractivity contribution < 1.29 is 14.9 Å². The van der Waals surface area contributed by atoms with Gasteiger partial charge in [0.15, 0.2) is 0 Å². The van der Waals surface area contributed by atoms with Crippen molar-refractivity contribution in [3.63, 3.8) is 0 Å². The van der Waals surface area contributed by atoms with Crippen LogP contribution in [0.1, 0.15) is 6.42 Å². The van der Waals surface area contributed by atoms with Gasteiger partial charge in [0.2, 0.25) is 16.5 Å². The van der Waals surface area contributed by atoms with Crippen molar-refractivity contribution in [1.29, 1.82) is 0 Å². The van der Waals surface area contributed by atoms with Crippen LogP contribution in [0.4, 0.5) is 5.95 Å². The Kier molecular flexibility index (Phi) is 4.18. The maximum atomic E-state index is 9.59. The molecule has 0 aromatic carbocycles. The number of aliphatic hydroxyl groups excluding tert-OH is 2. The molecule has 0 spiro atoms. The Hall–Kier alpha value is -0.730. The average Bonchev–Trinajstić information content (AvgIpc) is 2.30. The quantitative estimate of drug-likeness (QED) is 0.798. The molecule has 0 aliphatic carbocycles. The number of hydrogen-bond acceptors (Lipinski definition) is 7. The molecule has 2 heterocycles. The Labute approximate surface area is 113 Å². The molecule has 1 saturated heterocycles. The molecule has 0 bridgehead atoms. The van der Waals surface area contributed by atoms with Crippen molar-refractivity contribution >= 4 is 29.2 Å². The van der Waals surface area contributed by atoms with E-state index < -0.39 is 18.4 Å². The minimum Gasteiger partial charge on any atom is -0.390 e. The van der Waals surface area contributed by atoms with Crippen molar-refractivity contribution in [1.82, 2.24) is 15.0 Å². The number of rotatable bonds is 2. The highest BCUT2D eigenvalue weighted by atomic mass is 35.5. The van der Waals surface area contributed by atoms with Crippen molar-refractivity contribution in [3.8, 4) is 0 Å². The van der Waals surface area contributed by atoms with E-state index in [2.05, 4.69) is 15.0 Å². The fourth-order valence-electron chi connectivity index (χ4n) is 1.63. The second-order valence-electron chi connectivity index (χ2n) is 3.94. The molecule has 100 valence electrons. The van der Waals surface area contributed by atoms with Gasteiger partial charge in [-0.15, -0.1) is 0 Å². The first-order valence-electron chi connectivity index (χ1n) is 5.25. The summed E-state index contributed by atoms with van der Waals surface area (Å²) in [5, 5.41) is 18.9. The number of aromatic nitrogens is 3. The van der Waals surface area contributed by atoms with Gasteiger partial charge in [-0.1, -0.05) is 0 Å². The fourth-order valence-corrected chi connectivity index (χ4v) is 1.98. The van der Waals surface area contributed by atoms with Gasteiger partial charge in [0.05, 0.1) is 12.7 Å². The summed E-state index contributed by atoms with van der Waals surface area (Å²) in [6.45, 7) is 0.0444. The predicted octanol–water partition coefficient (Wildman–Crippen LogP) is 0.0828. The van der Waals surface area contributed by atoms with Crippen LogP contribution in [0.3, 0.4) is 0 Å². The highest BCUT2D eigenvalue weighted by Gasteiger charge is 2.31. The molecular weight excluding hydrogens is 283 g/mol. The predicted molar refractivity (Wildman–Crippen MR) is 64.6 cm³/mol. The Balaban J connectivity index is 2.13. The molecule has 2 N–H and O–H groups in total. The number of anilines is 1. The summed E-state index contributed by atoms with van der Waals surface area (Å²) in [6, 6.07) is 0. The van der Waals surface area contributed by atoms with Crippen LogP contribution in [-0.4, -0.2) is 57.3 Å². The second kappa shape index (κ2) is 5.50. The molecule has 2 rings (SSSR count). The summed E-state index contributed by atoms with van der Waals surface area (Å²) in [6.07, 6.45) is -1.95. The molecule has 3 atom stereocenters. The minimum atomic E-state index is -0.875. The van der Waals surface area contributed by atoms with E-state index in [1.807, 2.05) is 0 Å². The zero-order valence-corrected chi connectivity index (χ0v) is 11.0. The van der Waals surface area contributed by atoms with Crippen LogP contribution in [0.2, 0.25) is 10.6 Å². The molecule has 0 unspecified atom stereocenters. The largest absolute Gasteiger partial charge is 0.390 e. The lowest BCUT2D eigenvalue weighted by Crippen LogP contribution is -2.48. The SMILES string of the molecule is CN(c1nc(Cl)nc(Cl)n1)[C@H]1C[C@H](O)[C@H](O)CO1. The molecule has 1 aliphatic rings. The van der Waals surface area contributed by atoms with Gasteiger partial charge in [-0.3, -0.25) is 0 Å². The first kappa shape index (κ1) is 13.7. The van der Waals surface area contributed by atoms with Gasteiger partial charge in [0.25, 0.3) is 0 Å². The average molecular weight is 295 g/mol. The smallest absolute Gasteiger partial charge is 0.232 e. The van der Waals surface area contributed by atoms with Crippen molar-refractivity contribution in [2.45, 2.75) is 24.9 Å². The second-order valence-corrected chi connectivity index (χ2v) is 4.62. The van der Waals surface area contributed by atoms with Gasteiger partial charge >= 0.3 is 0 Å². The van der Waals surface area contributed by atoms with Gasteiger partial charge in [0.1, 0.15) is 12.3 Å². The summed E-state index contributed by atoms with van der Waals surface area (Å²) < 4.78 is 5.39. The zero-order valence-electron chi connectivity index (χ0n) is 9.49. The third-order valence-corrected chi connectivity index (χ3v) is 3.00. The van der Waals surface area contributed by atoms with E-state index >= 15 is 0 Å².